The lowest BCUT2D eigenvalue weighted by atomic mass is 10.1. The molecule has 0 radical (unpaired) electrons. The highest BCUT2D eigenvalue weighted by molar-refractivity contribution is 9.10. The highest BCUT2D eigenvalue weighted by Crippen LogP contribution is 2.27. The maximum Gasteiger partial charge on any atom is 0.328 e. The van der Waals surface area contributed by atoms with Gasteiger partial charge in [-0.15, -0.1) is 0 Å². The van der Waals surface area contributed by atoms with Crippen molar-refractivity contribution in [3.8, 4) is 0 Å². The van der Waals surface area contributed by atoms with Crippen molar-refractivity contribution in [1.82, 2.24) is 5.32 Å². The summed E-state index contributed by atoms with van der Waals surface area (Å²) in [5.74, 6) is -1.30. The predicted molar refractivity (Wildman–Crippen MR) is 78.9 cm³/mol. The molecule has 0 aliphatic rings. The van der Waals surface area contributed by atoms with Crippen LogP contribution < -0.4 is 10.6 Å². The number of halogens is 1. The first-order chi connectivity index (χ1) is 9.22. The van der Waals surface area contributed by atoms with Crippen LogP contribution in [0.2, 0.25) is 0 Å². The van der Waals surface area contributed by atoms with Crippen LogP contribution in [0.5, 0.6) is 0 Å². The zero-order valence-electron chi connectivity index (χ0n) is 11.4. The number of carboxylic acids is 1. The third-order valence-electron chi connectivity index (χ3n) is 2.71. The van der Waals surface area contributed by atoms with Crippen LogP contribution in [0.25, 0.3) is 0 Å². The summed E-state index contributed by atoms with van der Waals surface area (Å²) >= 11 is 3.34. The largest absolute Gasteiger partial charge is 0.480 e. The Kier molecular flexibility index (Phi) is 5.52. The van der Waals surface area contributed by atoms with E-state index >= 15 is 0 Å². The molecule has 2 atom stereocenters. The van der Waals surface area contributed by atoms with Gasteiger partial charge < -0.3 is 20.8 Å². The van der Waals surface area contributed by atoms with Crippen LogP contribution in [-0.2, 0) is 4.79 Å². The molecule has 110 valence electrons. The van der Waals surface area contributed by atoms with E-state index in [0.29, 0.717) is 10.2 Å². The smallest absolute Gasteiger partial charge is 0.328 e. The van der Waals surface area contributed by atoms with E-state index in [2.05, 4.69) is 26.6 Å². The van der Waals surface area contributed by atoms with E-state index in [1.165, 1.54) is 6.92 Å². The first-order valence-electron chi connectivity index (χ1n) is 5.97. The summed E-state index contributed by atoms with van der Waals surface area (Å²) in [7, 11) is 0. The lowest BCUT2D eigenvalue weighted by Gasteiger charge is -2.18. The zero-order chi connectivity index (χ0) is 15.4. The molecule has 0 aromatic heterocycles. The second-order valence-electron chi connectivity index (χ2n) is 4.59. The average Bonchev–Trinajstić information content (AvgIpc) is 2.29. The summed E-state index contributed by atoms with van der Waals surface area (Å²) in [6, 6.07) is 1.68. The number of aliphatic hydroxyl groups is 1. The van der Waals surface area contributed by atoms with Crippen LogP contribution in [-0.4, -0.2) is 34.4 Å². The quantitative estimate of drug-likeness (QED) is 0.671. The van der Waals surface area contributed by atoms with E-state index < -0.39 is 24.1 Å². The molecule has 0 aliphatic carbocycles. The molecule has 0 saturated heterocycles. The number of carbonyl (C=O) groups excluding carboxylic acids is 1. The fraction of sp³-hybridized carbons (Fsp3) is 0.385. The second-order valence-corrected chi connectivity index (χ2v) is 5.45. The predicted octanol–water partition coefficient (Wildman–Crippen LogP) is 2.02. The molecular formula is C13H17BrN2O4. The molecule has 0 aliphatic heterocycles. The number of hydrogen-bond donors (Lipinski definition) is 4. The van der Waals surface area contributed by atoms with Crippen molar-refractivity contribution in [2.24, 2.45) is 0 Å². The number of hydrogen-bond acceptors (Lipinski definition) is 3. The minimum Gasteiger partial charge on any atom is -0.480 e. The molecule has 2 amide bonds. The number of carbonyl (C=O) groups is 2. The Balaban J connectivity index is 2.84. The second kappa shape index (κ2) is 6.71. The molecule has 6 nitrogen and oxygen atoms in total. The molecular weight excluding hydrogens is 328 g/mol. The van der Waals surface area contributed by atoms with Gasteiger partial charge in [-0.2, -0.15) is 0 Å². The summed E-state index contributed by atoms with van der Waals surface area (Å²) in [4.78, 5) is 22.7. The SMILES string of the molecule is Cc1cc(C)c(NC(=O)N[C@H](C(=O)O)[C@@H](C)O)c(Br)c1. The van der Waals surface area contributed by atoms with Gasteiger partial charge in [0.15, 0.2) is 6.04 Å². The first-order valence-corrected chi connectivity index (χ1v) is 6.76. The van der Waals surface area contributed by atoms with Gasteiger partial charge in [-0.25, -0.2) is 9.59 Å². The van der Waals surface area contributed by atoms with Crippen molar-refractivity contribution < 1.29 is 19.8 Å². The van der Waals surface area contributed by atoms with Crippen LogP contribution in [0.15, 0.2) is 16.6 Å². The Morgan fingerprint density at radius 1 is 1.30 bits per heavy atom. The summed E-state index contributed by atoms with van der Waals surface area (Å²) in [5, 5.41) is 23.0. The third-order valence-corrected chi connectivity index (χ3v) is 3.33. The number of nitrogens with one attached hydrogen (secondary N) is 2. The average molecular weight is 345 g/mol. The summed E-state index contributed by atoms with van der Waals surface area (Å²) < 4.78 is 0.703. The molecule has 0 unspecified atom stereocenters. The minimum atomic E-state index is -1.36. The van der Waals surface area contributed by atoms with E-state index in [1.807, 2.05) is 26.0 Å². The number of aliphatic hydroxyl groups excluding tert-OH is 1. The molecule has 1 rings (SSSR count). The summed E-state index contributed by atoms with van der Waals surface area (Å²) in [6.07, 6.45) is -1.19. The Bertz CT molecular complexity index is 508. The molecule has 0 bridgehead atoms. The molecule has 1 aromatic rings. The normalized spacial score (nSPS) is 13.4. The van der Waals surface area contributed by atoms with Crippen molar-refractivity contribution in [3.63, 3.8) is 0 Å². The lowest BCUT2D eigenvalue weighted by molar-refractivity contribution is -0.141. The minimum absolute atomic E-state index is 0.558. The Morgan fingerprint density at radius 2 is 1.90 bits per heavy atom. The summed E-state index contributed by atoms with van der Waals surface area (Å²) in [5.41, 5.74) is 2.44. The summed E-state index contributed by atoms with van der Waals surface area (Å²) in [6.45, 7) is 5.05. The van der Waals surface area contributed by atoms with Crippen molar-refractivity contribution in [2.75, 3.05) is 5.32 Å². The number of amides is 2. The number of benzene rings is 1. The molecule has 1 aromatic carbocycles. The van der Waals surface area contributed by atoms with Crippen molar-refractivity contribution in [2.45, 2.75) is 32.9 Å². The molecule has 0 spiro atoms. The highest BCUT2D eigenvalue weighted by atomic mass is 79.9. The maximum atomic E-state index is 11.8. The van der Waals surface area contributed by atoms with Gasteiger partial charge in [-0.05, 0) is 53.9 Å². The topological polar surface area (TPSA) is 98.7 Å². The fourth-order valence-electron chi connectivity index (χ4n) is 1.75. The molecule has 0 heterocycles. The number of aryl methyl sites for hydroxylation is 2. The Labute approximate surface area is 125 Å². The van der Waals surface area contributed by atoms with Crippen LogP contribution >= 0.6 is 15.9 Å². The number of anilines is 1. The first kappa shape index (κ1) is 16.5. The Morgan fingerprint density at radius 3 is 2.35 bits per heavy atom. The van der Waals surface area contributed by atoms with E-state index in [4.69, 9.17) is 5.11 Å². The third kappa shape index (κ3) is 4.21. The number of urea groups is 1. The van der Waals surface area contributed by atoms with Gasteiger partial charge in [-0.3, -0.25) is 0 Å². The van der Waals surface area contributed by atoms with E-state index in [9.17, 15) is 14.7 Å². The fourth-order valence-corrected chi connectivity index (χ4v) is 2.53. The van der Waals surface area contributed by atoms with Crippen LogP contribution in [0.3, 0.4) is 0 Å². The van der Waals surface area contributed by atoms with Gasteiger partial charge in [0.05, 0.1) is 11.8 Å². The molecule has 4 N–H and O–H groups in total. The van der Waals surface area contributed by atoms with Gasteiger partial charge in [0.1, 0.15) is 0 Å². The number of carboxylic acid groups (broad SMARTS) is 1. The van der Waals surface area contributed by atoms with Crippen molar-refractivity contribution in [1.29, 1.82) is 0 Å². The van der Waals surface area contributed by atoms with Crippen molar-refractivity contribution in [3.05, 3.63) is 27.7 Å². The highest BCUT2D eigenvalue weighted by Gasteiger charge is 2.25. The van der Waals surface area contributed by atoms with Gasteiger partial charge in [-0.1, -0.05) is 6.07 Å². The molecule has 7 heteroatoms. The van der Waals surface area contributed by atoms with E-state index in [1.54, 1.807) is 0 Å². The van der Waals surface area contributed by atoms with E-state index in [0.717, 1.165) is 11.1 Å². The monoisotopic (exact) mass is 344 g/mol. The molecule has 0 saturated carbocycles. The van der Waals surface area contributed by atoms with Gasteiger partial charge in [0, 0.05) is 4.47 Å². The zero-order valence-corrected chi connectivity index (χ0v) is 13.0. The Hall–Kier alpha value is -1.60. The van der Waals surface area contributed by atoms with E-state index in [-0.39, 0.29) is 0 Å². The van der Waals surface area contributed by atoms with Gasteiger partial charge in [0.2, 0.25) is 0 Å². The maximum absolute atomic E-state index is 11.8. The van der Waals surface area contributed by atoms with Crippen LogP contribution in [0.4, 0.5) is 10.5 Å². The van der Waals surface area contributed by atoms with Crippen LogP contribution in [0, 0.1) is 13.8 Å². The standard InChI is InChI=1S/C13H17BrN2O4/c1-6-4-7(2)10(9(14)5-6)15-13(20)16-11(8(3)17)12(18)19/h4-5,8,11,17H,1-3H3,(H,18,19)(H2,15,16,20)/t8-,11+/m1/s1. The number of aliphatic carboxylic acids is 1. The van der Waals surface area contributed by atoms with Gasteiger partial charge in [0.25, 0.3) is 0 Å². The number of rotatable bonds is 4. The van der Waals surface area contributed by atoms with Crippen molar-refractivity contribution >= 4 is 33.6 Å². The lowest BCUT2D eigenvalue weighted by Crippen LogP contribution is -2.49. The molecule has 0 fully saturated rings. The van der Waals surface area contributed by atoms with Gasteiger partial charge >= 0.3 is 12.0 Å². The molecule has 20 heavy (non-hydrogen) atoms. The van der Waals surface area contributed by atoms with Crippen LogP contribution in [0.1, 0.15) is 18.1 Å².